The molecule has 0 fully saturated rings. The summed E-state index contributed by atoms with van der Waals surface area (Å²) in [6.45, 7) is 2.12. The molecule has 20 heavy (non-hydrogen) atoms. The Bertz CT molecular complexity index is 608. The summed E-state index contributed by atoms with van der Waals surface area (Å²) in [6.07, 6.45) is 0. The third kappa shape index (κ3) is 3.33. The summed E-state index contributed by atoms with van der Waals surface area (Å²) in [4.78, 5) is 11.9. The van der Waals surface area contributed by atoms with Crippen LogP contribution in [0.25, 0.3) is 0 Å². The molecule has 0 aliphatic carbocycles. The van der Waals surface area contributed by atoms with E-state index < -0.39 is 11.8 Å². The maximum Gasteiger partial charge on any atom is 0.323 e. The molecule has 0 saturated heterocycles. The molecule has 2 aromatic carbocycles. The molecule has 4 nitrogen and oxygen atoms in total. The van der Waals surface area contributed by atoms with Gasteiger partial charge in [-0.2, -0.15) is 0 Å². The average Bonchev–Trinajstić information content (AvgIpc) is 2.43. The second kappa shape index (κ2) is 6.16. The zero-order chi connectivity index (χ0) is 14.5. The van der Waals surface area contributed by atoms with Gasteiger partial charge in [0.25, 0.3) is 0 Å². The quantitative estimate of drug-likeness (QED) is 0.803. The molecule has 0 heterocycles. The lowest BCUT2D eigenvalue weighted by molar-refractivity contribution is 0.262. The minimum absolute atomic E-state index is 0.181. The van der Waals surface area contributed by atoms with Gasteiger partial charge in [-0.1, -0.05) is 24.3 Å². The number of rotatable bonds is 3. The fourth-order valence-electron chi connectivity index (χ4n) is 1.84. The Morgan fingerprint density at radius 2 is 1.95 bits per heavy atom. The Morgan fingerprint density at radius 1 is 1.20 bits per heavy atom. The molecular weight excluding hydrogens is 257 g/mol. The minimum Gasteiger partial charge on any atom is -0.326 e. The van der Waals surface area contributed by atoms with Gasteiger partial charge in [-0.25, -0.2) is 9.18 Å². The predicted molar refractivity (Wildman–Crippen MR) is 78.1 cm³/mol. The van der Waals surface area contributed by atoms with E-state index in [0.717, 1.165) is 5.56 Å². The molecule has 5 heteroatoms. The molecule has 0 atom stereocenters. The minimum atomic E-state index is -0.493. The van der Waals surface area contributed by atoms with E-state index >= 15 is 0 Å². The Hall–Kier alpha value is -2.40. The number of carbonyl (C=O) groups excluding carboxylic acids is 1. The van der Waals surface area contributed by atoms with Crippen molar-refractivity contribution in [3.63, 3.8) is 0 Å². The van der Waals surface area contributed by atoms with Crippen LogP contribution in [0, 0.1) is 12.7 Å². The number of amides is 2. The SMILES string of the molecule is Cc1cccc(F)c1NC(=O)Nc1cccc(CN)c1. The van der Waals surface area contributed by atoms with E-state index in [1.54, 1.807) is 37.3 Å². The number of para-hydroxylation sites is 1. The van der Waals surface area contributed by atoms with E-state index in [0.29, 0.717) is 17.8 Å². The van der Waals surface area contributed by atoms with Crippen LogP contribution in [0.1, 0.15) is 11.1 Å². The van der Waals surface area contributed by atoms with Crippen LogP contribution in [0.4, 0.5) is 20.6 Å². The number of hydrogen-bond donors (Lipinski definition) is 3. The van der Waals surface area contributed by atoms with E-state index in [1.807, 2.05) is 6.07 Å². The lowest BCUT2D eigenvalue weighted by Gasteiger charge is -2.11. The highest BCUT2D eigenvalue weighted by Gasteiger charge is 2.09. The van der Waals surface area contributed by atoms with E-state index in [9.17, 15) is 9.18 Å². The summed E-state index contributed by atoms with van der Waals surface area (Å²) in [7, 11) is 0. The Morgan fingerprint density at radius 3 is 2.65 bits per heavy atom. The predicted octanol–water partition coefficient (Wildman–Crippen LogP) is 3.24. The second-order valence-electron chi connectivity index (χ2n) is 4.42. The number of aryl methyl sites for hydroxylation is 1. The van der Waals surface area contributed by atoms with Crippen LogP contribution in [0.3, 0.4) is 0 Å². The lowest BCUT2D eigenvalue weighted by Crippen LogP contribution is -2.20. The number of urea groups is 1. The number of benzene rings is 2. The van der Waals surface area contributed by atoms with E-state index in [2.05, 4.69) is 10.6 Å². The maximum absolute atomic E-state index is 13.6. The molecule has 2 aromatic rings. The first-order chi connectivity index (χ1) is 9.60. The van der Waals surface area contributed by atoms with Crippen molar-refractivity contribution < 1.29 is 9.18 Å². The van der Waals surface area contributed by atoms with Crippen molar-refractivity contribution in [2.75, 3.05) is 10.6 Å². The van der Waals surface area contributed by atoms with Crippen molar-refractivity contribution >= 4 is 17.4 Å². The third-order valence-electron chi connectivity index (χ3n) is 2.88. The van der Waals surface area contributed by atoms with Crippen LogP contribution in [-0.2, 0) is 6.54 Å². The first-order valence-corrected chi connectivity index (χ1v) is 6.22. The first-order valence-electron chi connectivity index (χ1n) is 6.22. The molecule has 0 saturated carbocycles. The van der Waals surface area contributed by atoms with Crippen molar-refractivity contribution in [2.45, 2.75) is 13.5 Å². The van der Waals surface area contributed by atoms with Gasteiger partial charge in [0.2, 0.25) is 0 Å². The number of nitrogens with one attached hydrogen (secondary N) is 2. The van der Waals surface area contributed by atoms with Gasteiger partial charge >= 0.3 is 6.03 Å². The molecule has 0 aliphatic heterocycles. The molecule has 0 unspecified atom stereocenters. The molecule has 0 aliphatic rings. The largest absolute Gasteiger partial charge is 0.326 e. The van der Waals surface area contributed by atoms with Gasteiger partial charge in [0.15, 0.2) is 0 Å². The van der Waals surface area contributed by atoms with Crippen LogP contribution >= 0.6 is 0 Å². The summed E-state index contributed by atoms with van der Waals surface area (Å²) < 4.78 is 13.6. The molecule has 104 valence electrons. The van der Waals surface area contributed by atoms with Gasteiger partial charge in [-0.05, 0) is 36.2 Å². The van der Waals surface area contributed by atoms with Crippen molar-refractivity contribution in [2.24, 2.45) is 5.73 Å². The Balaban J connectivity index is 2.09. The molecule has 0 bridgehead atoms. The van der Waals surface area contributed by atoms with Gasteiger partial charge in [-0.15, -0.1) is 0 Å². The number of nitrogens with two attached hydrogens (primary N) is 1. The summed E-state index contributed by atoms with van der Waals surface area (Å²) in [5.74, 6) is -0.462. The Labute approximate surface area is 116 Å². The zero-order valence-electron chi connectivity index (χ0n) is 11.1. The third-order valence-corrected chi connectivity index (χ3v) is 2.88. The zero-order valence-corrected chi connectivity index (χ0v) is 11.1. The van der Waals surface area contributed by atoms with Gasteiger partial charge in [0.1, 0.15) is 5.82 Å². The van der Waals surface area contributed by atoms with Gasteiger partial charge in [0, 0.05) is 12.2 Å². The van der Waals surface area contributed by atoms with Crippen molar-refractivity contribution in [3.05, 3.63) is 59.4 Å². The van der Waals surface area contributed by atoms with Crippen LogP contribution in [0.5, 0.6) is 0 Å². The van der Waals surface area contributed by atoms with Gasteiger partial charge in [0.05, 0.1) is 5.69 Å². The number of anilines is 2. The Kier molecular flexibility index (Phi) is 4.32. The monoisotopic (exact) mass is 273 g/mol. The first kappa shape index (κ1) is 14.0. The standard InChI is InChI=1S/C15H16FN3O/c1-10-4-2-7-13(16)14(10)19-15(20)18-12-6-3-5-11(8-12)9-17/h2-8H,9,17H2,1H3,(H2,18,19,20). The van der Waals surface area contributed by atoms with Gasteiger partial charge in [-0.3, -0.25) is 0 Å². The van der Waals surface area contributed by atoms with Crippen LogP contribution in [-0.4, -0.2) is 6.03 Å². The fraction of sp³-hybridized carbons (Fsp3) is 0.133. The number of carbonyl (C=O) groups is 1. The van der Waals surface area contributed by atoms with E-state index in [4.69, 9.17) is 5.73 Å². The molecule has 4 N–H and O–H groups in total. The summed E-state index contributed by atoms with van der Waals surface area (Å²) in [5.41, 5.74) is 7.90. The maximum atomic E-state index is 13.6. The molecule has 0 aromatic heterocycles. The van der Waals surface area contributed by atoms with Gasteiger partial charge < -0.3 is 16.4 Å². The van der Waals surface area contributed by atoms with E-state index in [1.165, 1.54) is 6.07 Å². The van der Waals surface area contributed by atoms with E-state index in [-0.39, 0.29) is 5.69 Å². The van der Waals surface area contributed by atoms with Crippen molar-refractivity contribution in [1.29, 1.82) is 0 Å². The smallest absolute Gasteiger partial charge is 0.323 e. The normalized spacial score (nSPS) is 10.2. The topological polar surface area (TPSA) is 67.2 Å². The summed E-state index contributed by atoms with van der Waals surface area (Å²) in [5, 5.41) is 5.16. The highest BCUT2D eigenvalue weighted by Crippen LogP contribution is 2.19. The highest BCUT2D eigenvalue weighted by molar-refractivity contribution is 6.00. The lowest BCUT2D eigenvalue weighted by atomic mass is 10.2. The highest BCUT2D eigenvalue weighted by atomic mass is 19.1. The summed E-state index contributed by atoms with van der Waals surface area (Å²) >= 11 is 0. The average molecular weight is 273 g/mol. The fourth-order valence-corrected chi connectivity index (χ4v) is 1.84. The van der Waals surface area contributed by atoms with Crippen LogP contribution in [0.15, 0.2) is 42.5 Å². The number of halogens is 1. The van der Waals surface area contributed by atoms with Crippen LogP contribution < -0.4 is 16.4 Å². The number of hydrogen-bond acceptors (Lipinski definition) is 2. The molecular formula is C15H16FN3O. The summed E-state index contributed by atoms with van der Waals surface area (Å²) in [6, 6.07) is 11.3. The van der Waals surface area contributed by atoms with Crippen molar-refractivity contribution in [1.82, 2.24) is 0 Å². The molecule has 2 rings (SSSR count). The second-order valence-corrected chi connectivity index (χ2v) is 4.42. The molecule has 0 radical (unpaired) electrons. The van der Waals surface area contributed by atoms with Crippen molar-refractivity contribution in [3.8, 4) is 0 Å². The molecule has 2 amide bonds. The molecule has 0 spiro atoms. The van der Waals surface area contributed by atoms with Crippen LogP contribution in [0.2, 0.25) is 0 Å².